The van der Waals surface area contributed by atoms with Crippen molar-refractivity contribution in [1.29, 1.82) is 0 Å². The zero-order chi connectivity index (χ0) is 59.9. The van der Waals surface area contributed by atoms with Crippen LogP contribution >= 0.6 is 0 Å². The summed E-state index contributed by atoms with van der Waals surface area (Å²) in [4.78, 5) is 38.4. The number of ether oxygens (including phenoxy) is 3. The van der Waals surface area contributed by atoms with Crippen LogP contribution in [0.2, 0.25) is 0 Å². The third-order valence-corrected chi connectivity index (χ3v) is 16.6. The highest BCUT2D eigenvalue weighted by atomic mass is 16.6. The van der Waals surface area contributed by atoms with E-state index in [0.717, 1.165) is 70.6 Å². The molecular weight excluding hydrogens is 1020 g/mol. The SMILES string of the molecule is CC/C=C\C/C=C\C/C=C\C/C=C\C/C=C\CC(=O)OCC(COC(=O)CCCCCCCCCCCCCCCCCCCCCCCCCCCCC)OC(=O)CCCCCCCCCCCCCCCCCCCCCCCCC. The van der Waals surface area contributed by atoms with E-state index in [4.69, 9.17) is 14.2 Å². The van der Waals surface area contributed by atoms with Gasteiger partial charge in [-0.2, -0.15) is 0 Å². The number of carbonyl (C=O) groups is 3. The average molecular weight is 1160 g/mol. The molecule has 6 nitrogen and oxygen atoms in total. The van der Waals surface area contributed by atoms with Crippen LogP contribution in [0.5, 0.6) is 0 Å². The molecule has 0 saturated carbocycles. The molecule has 0 aliphatic rings. The topological polar surface area (TPSA) is 78.9 Å². The zero-order valence-corrected chi connectivity index (χ0v) is 55.7. The summed E-state index contributed by atoms with van der Waals surface area (Å²) in [5, 5.41) is 0. The minimum atomic E-state index is -0.813. The summed E-state index contributed by atoms with van der Waals surface area (Å²) in [6, 6.07) is 0. The first kappa shape index (κ1) is 80.1. The van der Waals surface area contributed by atoms with E-state index >= 15 is 0 Å². The van der Waals surface area contributed by atoms with E-state index in [2.05, 4.69) is 69.4 Å². The zero-order valence-electron chi connectivity index (χ0n) is 55.7. The van der Waals surface area contributed by atoms with Crippen molar-refractivity contribution in [2.24, 2.45) is 0 Å². The molecule has 0 spiro atoms. The lowest BCUT2D eigenvalue weighted by atomic mass is 10.0. The summed E-state index contributed by atoms with van der Waals surface area (Å²) in [5.41, 5.74) is 0. The van der Waals surface area contributed by atoms with Crippen molar-refractivity contribution in [2.45, 2.75) is 399 Å². The minimum Gasteiger partial charge on any atom is -0.462 e. The van der Waals surface area contributed by atoms with Crippen LogP contribution < -0.4 is 0 Å². The molecule has 0 heterocycles. The molecule has 0 bridgehead atoms. The van der Waals surface area contributed by atoms with Crippen LogP contribution in [-0.4, -0.2) is 37.2 Å². The van der Waals surface area contributed by atoms with E-state index in [0.29, 0.717) is 12.8 Å². The molecule has 1 atom stereocenters. The van der Waals surface area contributed by atoms with Crippen molar-refractivity contribution in [3.05, 3.63) is 60.8 Å². The highest BCUT2D eigenvalue weighted by Gasteiger charge is 2.19. The highest BCUT2D eigenvalue weighted by molar-refractivity contribution is 5.72. The molecule has 0 aromatic rings. The van der Waals surface area contributed by atoms with Gasteiger partial charge in [-0.1, -0.05) is 390 Å². The van der Waals surface area contributed by atoms with Crippen molar-refractivity contribution in [3.8, 4) is 0 Å². The number of allylic oxidation sites excluding steroid dienone is 9. The fourth-order valence-corrected chi connectivity index (χ4v) is 11.1. The number of hydrogen-bond acceptors (Lipinski definition) is 6. The van der Waals surface area contributed by atoms with Gasteiger partial charge in [-0.25, -0.2) is 0 Å². The fraction of sp³-hybridized carbons (Fsp3) is 0.831. The Morgan fingerprint density at radius 2 is 0.470 bits per heavy atom. The molecule has 0 N–H and O–H groups in total. The van der Waals surface area contributed by atoms with Gasteiger partial charge in [-0.15, -0.1) is 0 Å². The van der Waals surface area contributed by atoms with Gasteiger partial charge in [-0.05, 0) is 44.9 Å². The van der Waals surface area contributed by atoms with Gasteiger partial charge < -0.3 is 14.2 Å². The predicted molar refractivity (Wildman–Crippen MR) is 362 cm³/mol. The van der Waals surface area contributed by atoms with Crippen LogP contribution in [0.4, 0.5) is 0 Å². The molecule has 0 radical (unpaired) electrons. The van der Waals surface area contributed by atoms with Crippen molar-refractivity contribution < 1.29 is 28.6 Å². The Morgan fingerprint density at radius 3 is 0.735 bits per heavy atom. The van der Waals surface area contributed by atoms with E-state index in [-0.39, 0.29) is 31.6 Å². The minimum absolute atomic E-state index is 0.0988. The number of rotatable bonds is 68. The summed E-state index contributed by atoms with van der Waals surface area (Å²) >= 11 is 0. The smallest absolute Gasteiger partial charge is 0.309 e. The summed E-state index contributed by atoms with van der Waals surface area (Å²) in [6.45, 7) is 6.52. The lowest BCUT2D eigenvalue weighted by Crippen LogP contribution is -2.30. The third-order valence-electron chi connectivity index (χ3n) is 16.6. The second-order valence-electron chi connectivity index (χ2n) is 24.9. The van der Waals surface area contributed by atoms with E-state index in [1.807, 2.05) is 12.2 Å². The standard InChI is InChI=1S/C77H140O6/c1-4-7-10-13-16-19-22-25-28-30-32-34-36-37-38-39-41-42-44-46-49-52-55-58-61-64-67-70-76(79)82-73-74(72-81-75(78)69-66-63-60-57-54-51-48-27-24-21-18-15-12-9-6-3)83-77(80)71-68-65-62-59-56-53-50-47-45-43-40-35-33-31-29-26-23-20-17-14-11-8-5-2/h9,12,18,21,27,48,54,57,63,66,74H,4-8,10-11,13-17,19-20,22-26,28-47,49-53,55-56,58-62,64-65,67-73H2,1-3H3/b12-9-,21-18-,48-27-,57-54-,66-63-. The molecule has 83 heavy (non-hydrogen) atoms. The Morgan fingerprint density at radius 1 is 0.253 bits per heavy atom. The van der Waals surface area contributed by atoms with Crippen LogP contribution in [0.25, 0.3) is 0 Å². The predicted octanol–water partition coefficient (Wildman–Crippen LogP) is 25.5. The van der Waals surface area contributed by atoms with Gasteiger partial charge in [-0.3, -0.25) is 14.4 Å². The lowest BCUT2D eigenvalue weighted by molar-refractivity contribution is -0.166. The second-order valence-corrected chi connectivity index (χ2v) is 24.9. The Labute approximate surface area is 517 Å². The number of carbonyl (C=O) groups excluding carboxylic acids is 3. The number of esters is 3. The molecule has 0 saturated heterocycles. The Hall–Kier alpha value is -2.89. The molecule has 0 aromatic carbocycles. The Balaban J connectivity index is 4.28. The third kappa shape index (κ3) is 69.8. The molecule has 1 unspecified atom stereocenters. The molecule has 0 aliphatic heterocycles. The second kappa shape index (κ2) is 71.6. The first-order chi connectivity index (χ1) is 41.0. The molecule has 0 aliphatic carbocycles. The Bertz CT molecular complexity index is 1470. The van der Waals surface area contributed by atoms with E-state index < -0.39 is 12.1 Å². The monoisotopic (exact) mass is 1160 g/mol. The fourth-order valence-electron chi connectivity index (χ4n) is 11.1. The van der Waals surface area contributed by atoms with Gasteiger partial charge in [0.25, 0.3) is 0 Å². The van der Waals surface area contributed by atoms with Gasteiger partial charge in [0.1, 0.15) is 13.2 Å². The maximum atomic E-state index is 13.0. The highest BCUT2D eigenvalue weighted by Crippen LogP contribution is 2.19. The maximum absolute atomic E-state index is 13.0. The first-order valence-corrected chi connectivity index (χ1v) is 36.8. The van der Waals surface area contributed by atoms with Crippen LogP contribution in [0, 0.1) is 0 Å². The summed E-state index contributed by atoms with van der Waals surface area (Å²) in [7, 11) is 0. The molecule has 0 rings (SSSR count). The largest absolute Gasteiger partial charge is 0.462 e. The number of hydrogen-bond donors (Lipinski definition) is 0. The first-order valence-electron chi connectivity index (χ1n) is 36.8. The van der Waals surface area contributed by atoms with Gasteiger partial charge in [0.15, 0.2) is 6.10 Å². The molecule has 0 aromatic heterocycles. The van der Waals surface area contributed by atoms with Crippen LogP contribution in [0.1, 0.15) is 393 Å². The average Bonchev–Trinajstić information content (AvgIpc) is 3.49. The number of unbranched alkanes of at least 4 members (excludes halogenated alkanes) is 48. The van der Waals surface area contributed by atoms with Crippen molar-refractivity contribution in [3.63, 3.8) is 0 Å². The van der Waals surface area contributed by atoms with E-state index in [1.165, 1.54) is 283 Å². The van der Waals surface area contributed by atoms with Crippen molar-refractivity contribution in [2.75, 3.05) is 13.2 Å². The van der Waals surface area contributed by atoms with Crippen molar-refractivity contribution >= 4 is 17.9 Å². The lowest BCUT2D eigenvalue weighted by Gasteiger charge is -2.18. The van der Waals surface area contributed by atoms with Crippen molar-refractivity contribution in [1.82, 2.24) is 0 Å². The van der Waals surface area contributed by atoms with Gasteiger partial charge in [0.05, 0.1) is 6.42 Å². The van der Waals surface area contributed by atoms with Crippen LogP contribution in [0.15, 0.2) is 60.8 Å². The molecule has 0 fully saturated rings. The molecule has 484 valence electrons. The Kier molecular flexibility index (Phi) is 69.1. The quantitative estimate of drug-likeness (QED) is 0.0261. The van der Waals surface area contributed by atoms with E-state index in [9.17, 15) is 14.4 Å². The molecule has 0 amide bonds. The summed E-state index contributed by atoms with van der Waals surface area (Å²) in [5.74, 6) is -1.01. The summed E-state index contributed by atoms with van der Waals surface area (Å²) in [6.07, 6.45) is 93.0. The van der Waals surface area contributed by atoms with Gasteiger partial charge in [0, 0.05) is 12.8 Å². The van der Waals surface area contributed by atoms with Gasteiger partial charge >= 0.3 is 17.9 Å². The maximum Gasteiger partial charge on any atom is 0.309 e. The van der Waals surface area contributed by atoms with Crippen LogP contribution in [0.3, 0.4) is 0 Å². The normalized spacial score (nSPS) is 12.4. The van der Waals surface area contributed by atoms with Crippen LogP contribution in [-0.2, 0) is 28.6 Å². The molecular formula is C77H140O6. The summed E-state index contributed by atoms with van der Waals surface area (Å²) < 4.78 is 16.9. The molecule has 6 heteroatoms. The van der Waals surface area contributed by atoms with E-state index in [1.54, 1.807) is 0 Å². The van der Waals surface area contributed by atoms with Gasteiger partial charge in [0.2, 0.25) is 0 Å².